The number of nitro benzene ring substituents is 1. The van der Waals surface area contributed by atoms with Gasteiger partial charge in [-0.1, -0.05) is 26.0 Å². The molecule has 0 saturated carbocycles. The second-order valence-electron chi connectivity index (χ2n) is 6.23. The monoisotopic (exact) mass is 347 g/mol. The molecule has 0 aliphatic heterocycles. The van der Waals surface area contributed by atoms with Crippen molar-refractivity contribution in [1.82, 2.24) is 5.32 Å². The first-order valence-electron chi connectivity index (χ1n) is 7.71. The summed E-state index contributed by atoms with van der Waals surface area (Å²) in [6.07, 6.45) is -1.21. The van der Waals surface area contributed by atoms with E-state index in [0.29, 0.717) is 5.56 Å². The zero-order chi connectivity index (χ0) is 19.4. The van der Waals surface area contributed by atoms with E-state index in [1.807, 2.05) is 6.07 Å². The molecule has 134 valence electrons. The molecule has 0 aliphatic carbocycles. The van der Waals surface area contributed by atoms with Gasteiger partial charge in [0.2, 0.25) is 0 Å². The summed E-state index contributed by atoms with van der Waals surface area (Å²) in [7, 11) is 0. The first-order chi connectivity index (χ1) is 11.5. The lowest BCUT2D eigenvalue weighted by atomic mass is 9.90. The highest BCUT2D eigenvalue weighted by Crippen LogP contribution is 2.23. The van der Waals surface area contributed by atoms with Crippen LogP contribution in [0, 0.1) is 34.3 Å². The van der Waals surface area contributed by atoms with Gasteiger partial charge in [-0.15, -0.1) is 0 Å². The first kappa shape index (κ1) is 20.1. The minimum absolute atomic E-state index is 0.165. The number of carbonyl (C=O) groups is 2. The fourth-order valence-electron chi connectivity index (χ4n) is 2.00. The van der Waals surface area contributed by atoms with Gasteiger partial charge in [-0.05, 0) is 32.3 Å². The Kier molecular flexibility index (Phi) is 6.23. The Labute approximate surface area is 145 Å². The largest absolute Gasteiger partial charge is 0.449 e. The van der Waals surface area contributed by atoms with Crippen LogP contribution in [-0.2, 0) is 9.53 Å². The molecule has 1 aromatic carbocycles. The molecule has 0 spiro atoms. The van der Waals surface area contributed by atoms with Crippen LogP contribution in [0.4, 0.5) is 5.69 Å². The number of hydrogen-bond donors (Lipinski definition) is 1. The van der Waals surface area contributed by atoms with Crippen LogP contribution in [0.3, 0.4) is 0 Å². The Hall–Kier alpha value is -2.95. The van der Waals surface area contributed by atoms with Crippen LogP contribution in [0.1, 0.15) is 43.6 Å². The third kappa shape index (κ3) is 4.53. The van der Waals surface area contributed by atoms with Crippen LogP contribution in [0.15, 0.2) is 18.2 Å². The van der Waals surface area contributed by atoms with Gasteiger partial charge < -0.3 is 10.1 Å². The maximum atomic E-state index is 12.3. The number of nitriles is 1. The van der Waals surface area contributed by atoms with Gasteiger partial charge in [-0.25, -0.2) is 4.79 Å². The SMILES string of the molecule is Cc1cccc([N+](=O)[O-])c1C(=O)OC(C)C(=O)NC(C)(C#N)C(C)C. The van der Waals surface area contributed by atoms with E-state index >= 15 is 0 Å². The molecule has 0 aromatic heterocycles. The number of carbonyl (C=O) groups excluding carboxylic acids is 2. The number of nitro groups is 1. The van der Waals surface area contributed by atoms with Crippen molar-refractivity contribution in [3.05, 3.63) is 39.4 Å². The van der Waals surface area contributed by atoms with Crippen LogP contribution in [0.2, 0.25) is 0 Å². The molecule has 1 amide bonds. The van der Waals surface area contributed by atoms with E-state index in [1.54, 1.807) is 33.8 Å². The normalized spacial score (nSPS) is 14.1. The molecule has 0 bridgehead atoms. The lowest BCUT2D eigenvalue weighted by Crippen LogP contribution is -2.52. The van der Waals surface area contributed by atoms with Crippen LogP contribution in [0.5, 0.6) is 0 Å². The van der Waals surface area contributed by atoms with E-state index in [2.05, 4.69) is 5.32 Å². The summed E-state index contributed by atoms with van der Waals surface area (Å²) in [5.41, 5.74) is -1.33. The Balaban J connectivity index is 2.97. The number of esters is 1. The average Bonchev–Trinajstić information content (AvgIpc) is 2.53. The van der Waals surface area contributed by atoms with Crippen LogP contribution in [0.25, 0.3) is 0 Å². The van der Waals surface area contributed by atoms with Crippen molar-refractivity contribution in [2.45, 2.75) is 46.3 Å². The van der Waals surface area contributed by atoms with Crippen molar-refractivity contribution in [2.75, 3.05) is 0 Å². The molecule has 1 aromatic rings. The zero-order valence-corrected chi connectivity index (χ0v) is 14.8. The number of aryl methyl sites for hydroxylation is 1. The first-order valence-corrected chi connectivity index (χ1v) is 7.71. The lowest BCUT2D eigenvalue weighted by Gasteiger charge is -2.28. The number of hydrogen-bond acceptors (Lipinski definition) is 6. The quantitative estimate of drug-likeness (QED) is 0.479. The third-order valence-corrected chi connectivity index (χ3v) is 4.07. The maximum absolute atomic E-state index is 12.3. The molecular weight excluding hydrogens is 326 g/mol. The van der Waals surface area contributed by atoms with E-state index in [4.69, 9.17) is 4.74 Å². The molecule has 8 heteroatoms. The predicted molar refractivity (Wildman–Crippen MR) is 89.7 cm³/mol. The van der Waals surface area contributed by atoms with E-state index in [0.717, 1.165) is 0 Å². The summed E-state index contributed by atoms with van der Waals surface area (Å²) in [4.78, 5) is 34.9. The molecule has 0 fully saturated rings. The third-order valence-electron chi connectivity index (χ3n) is 4.07. The highest BCUT2D eigenvalue weighted by molar-refractivity contribution is 5.97. The minimum Gasteiger partial charge on any atom is -0.449 e. The highest BCUT2D eigenvalue weighted by Gasteiger charge is 2.33. The van der Waals surface area contributed by atoms with Gasteiger partial charge in [0.05, 0.1) is 11.0 Å². The Morgan fingerprint density at radius 3 is 2.44 bits per heavy atom. The van der Waals surface area contributed by atoms with Gasteiger partial charge in [0.1, 0.15) is 11.1 Å². The molecule has 0 radical (unpaired) electrons. The summed E-state index contributed by atoms with van der Waals surface area (Å²) in [5.74, 6) is -1.78. The molecule has 8 nitrogen and oxygen atoms in total. The summed E-state index contributed by atoms with van der Waals surface area (Å²) >= 11 is 0. The second kappa shape index (κ2) is 7.75. The number of nitrogens with one attached hydrogen (secondary N) is 1. The number of rotatable bonds is 6. The predicted octanol–water partition coefficient (Wildman–Crippen LogP) is 2.50. The number of nitrogens with zero attached hydrogens (tertiary/aromatic N) is 2. The molecule has 1 N–H and O–H groups in total. The molecule has 0 heterocycles. The summed E-state index contributed by atoms with van der Waals surface area (Å²) < 4.78 is 5.08. The summed E-state index contributed by atoms with van der Waals surface area (Å²) in [6, 6.07) is 6.22. The Bertz CT molecular complexity index is 738. The Morgan fingerprint density at radius 2 is 1.96 bits per heavy atom. The average molecular weight is 347 g/mol. The standard InChI is InChI=1S/C17H21N3O5/c1-10(2)17(5,9-18)19-15(21)12(4)25-16(22)14-11(3)7-6-8-13(14)20(23)24/h6-8,10,12H,1-5H3,(H,19,21). The van der Waals surface area contributed by atoms with Crippen molar-refractivity contribution >= 4 is 17.6 Å². The fourth-order valence-corrected chi connectivity index (χ4v) is 2.00. The van der Waals surface area contributed by atoms with Gasteiger partial charge in [0, 0.05) is 6.07 Å². The van der Waals surface area contributed by atoms with Crippen molar-refractivity contribution in [2.24, 2.45) is 5.92 Å². The van der Waals surface area contributed by atoms with Crippen molar-refractivity contribution in [1.29, 1.82) is 5.26 Å². The van der Waals surface area contributed by atoms with Gasteiger partial charge in [-0.3, -0.25) is 14.9 Å². The number of benzene rings is 1. The molecule has 2 atom stereocenters. The van der Waals surface area contributed by atoms with Gasteiger partial charge in [0.25, 0.3) is 11.6 Å². The number of amides is 1. The van der Waals surface area contributed by atoms with Crippen molar-refractivity contribution in [3.8, 4) is 6.07 Å². The smallest absolute Gasteiger partial charge is 0.346 e. The number of ether oxygens (including phenoxy) is 1. The molecule has 2 unspecified atom stereocenters. The summed E-state index contributed by atoms with van der Waals surface area (Å²) in [6.45, 7) is 8.00. The zero-order valence-electron chi connectivity index (χ0n) is 14.8. The fraction of sp³-hybridized carbons (Fsp3) is 0.471. The van der Waals surface area contributed by atoms with Gasteiger partial charge >= 0.3 is 5.97 Å². The molecule has 0 aliphatic rings. The highest BCUT2D eigenvalue weighted by atomic mass is 16.6. The van der Waals surface area contributed by atoms with Crippen LogP contribution < -0.4 is 5.32 Å². The van der Waals surface area contributed by atoms with Crippen LogP contribution >= 0.6 is 0 Å². The maximum Gasteiger partial charge on any atom is 0.346 e. The molecule has 0 saturated heterocycles. The minimum atomic E-state index is -1.21. The Morgan fingerprint density at radius 1 is 1.36 bits per heavy atom. The van der Waals surface area contributed by atoms with Gasteiger partial charge in [0.15, 0.2) is 6.10 Å². The van der Waals surface area contributed by atoms with Crippen molar-refractivity contribution in [3.63, 3.8) is 0 Å². The molecular formula is C17H21N3O5. The topological polar surface area (TPSA) is 122 Å². The lowest BCUT2D eigenvalue weighted by molar-refractivity contribution is -0.385. The van der Waals surface area contributed by atoms with Gasteiger partial charge in [-0.2, -0.15) is 5.26 Å². The van der Waals surface area contributed by atoms with Crippen LogP contribution in [-0.4, -0.2) is 28.4 Å². The van der Waals surface area contributed by atoms with E-state index < -0.39 is 28.4 Å². The van der Waals surface area contributed by atoms with E-state index in [-0.39, 0.29) is 17.2 Å². The second-order valence-corrected chi connectivity index (χ2v) is 6.23. The van der Waals surface area contributed by atoms with E-state index in [1.165, 1.54) is 19.1 Å². The molecule has 1 rings (SSSR count). The van der Waals surface area contributed by atoms with Crippen molar-refractivity contribution < 1.29 is 19.2 Å². The molecule has 25 heavy (non-hydrogen) atoms. The van der Waals surface area contributed by atoms with E-state index in [9.17, 15) is 25.0 Å². The summed E-state index contributed by atoms with van der Waals surface area (Å²) in [5, 5.41) is 22.9.